The molecule has 1 amide bonds. The van der Waals surface area contributed by atoms with Gasteiger partial charge in [-0.25, -0.2) is 0 Å². The summed E-state index contributed by atoms with van der Waals surface area (Å²) in [5.74, 6) is -0.241. The molecule has 172 valence electrons. The molecule has 0 bridgehead atoms. The number of carbonyl (C=O) groups excluding carboxylic acids is 2. The van der Waals surface area contributed by atoms with Gasteiger partial charge in [0.15, 0.2) is 23.9 Å². The SMILES string of the molecule is COc1cc(C(C)=O)ccc1OCC(=O)Nc1cc(C(F)(F)F)ccc1N1CCCCC1. The minimum Gasteiger partial charge on any atom is -0.493 e. The first kappa shape index (κ1) is 23.4. The molecule has 1 N–H and O–H groups in total. The van der Waals surface area contributed by atoms with Crippen molar-refractivity contribution in [2.24, 2.45) is 0 Å². The van der Waals surface area contributed by atoms with Gasteiger partial charge < -0.3 is 19.7 Å². The van der Waals surface area contributed by atoms with Crippen LogP contribution in [0.25, 0.3) is 0 Å². The maximum Gasteiger partial charge on any atom is 0.416 e. The van der Waals surface area contributed by atoms with Crippen molar-refractivity contribution in [3.8, 4) is 11.5 Å². The van der Waals surface area contributed by atoms with Crippen molar-refractivity contribution < 1.29 is 32.2 Å². The molecule has 0 aliphatic carbocycles. The normalized spacial score (nSPS) is 14.1. The average Bonchev–Trinajstić information content (AvgIpc) is 2.77. The fourth-order valence-corrected chi connectivity index (χ4v) is 3.56. The van der Waals surface area contributed by atoms with Crippen LogP contribution in [0, 0.1) is 0 Å². The lowest BCUT2D eigenvalue weighted by atomic mass is 10.1. The number of carbonyl (C=O) groups is 2. The largest absolute Gasteiger partial charge is 0.493 e. The van der Waals surface area contributed by atoms with Crippen LogP contribution >= 0.6 is 0 Å². The molecule has 2 aromatic carbocycles. The summed E-state index contributed by atoms with van der Waals surface area (Å²) in [6, 6.07) is 7.91. The first-order valence-corrected chi connectivity index (χ1v) is 10.3. The van der Waals surface area contributed by atoms with Gasteiger partial charge in [0.2, 0.25) is 0 Å². The second-order valence-electron chi connectivity index (χ2n) is 7.54. The van der Waals surface area contributed by atoms with Gasteiger partial charge in [-0.15, -0.1) is 0 Å². The van der Waals surface area contributed by atoms with Crippen LogP contribution in [0.5, 0.6) is 11.5 Å². The monoisotopic (exact) mass is 450 g/mol. The van der Waals surface area contributed by atoms with E-state index in [-0.39, 0.29) is 23.0 Å². The lowest BCUT2D eigenvalue weighted by Crippen LogP contribution is -2.31. The van der Waals surface area contributed by atoms with E-state index < -0.39 is 24.3 Å². The predicted octanol–water partition coefficient (Wildman–Crippen LogP) is 4.92. The van der Waals surface area contributed by atoms with E-state index >= 15 is 0 Å². The number of nitrogens with zero attached hydrogens (tertiary/aromatic N) is 1. The lowest BCUT2D eigenvalue weighted by molar-refractivity contribution is -0.137. The third-order valence-electron chi connectivity index (χ3n) is 5.22. The Hall–Kier alpha value is -3.23. The van der Waals surface area contributed by atoms with Gasteiger partial charge >= 0.3 is 6.18 Å². The number of ketones is 1. The number of nitrogens with one attached hydrogen (secondary N) is 1. The number of alkyl halides is 3. The summed E-state index contributed by atoms with van der Waals surface area (Å²) in [7, 11) is 1.40. The molecule has 1 aliphatic rings. The van der Waals surface area contributed by atoms with Crippen molar-refractivity contribution >= 4 is 23.1 Å². The standard InChI is InChI=1S/C23H25F3N2O4/c1-15(29)16-6-9-20(21(12-16)31-2)32-14-22(30)27-18-13-17(23(24,25)26)7-8-19(18)28-10-4-3-5-11-28/h6-9,12-13H,3-5,10-11,14H2,1-2H3,(H,27,30). The highest BCUT2D eigenvalue weighted by Crippen LogP contribution is 2.36. The third-order valence-corrected chi connectivity index (χ3v) is 5.22. The van der Waals surface area contributed by atoms with Gasteiger partial charge in [-0.2, -0.15) is 13.2 Å². The number of Topliss-reactive ketones (excluding diaryl/α,β-unsaturated/α-hetero) is 1. The van der Waals surface area contributed by atoms with E-state index in [0.29, 0.717) is 24.3 Å². The number of benzene rings is 2. The van der Waals surface area contributed by atoms with Crippen LogP contribution in [0.2, 0.25) is 0 Å². The number of piperidine rings is 1. The summed E-state index contributed by atoms with van der Waals surface area (Å²) < 4.78 is 50.4. The van der Waals surface area contributed by atoms with E-state index in [2.05, 4.69) is 5.32 Å². The number of amides is 1. The van der Waals surface area contributed by atoms with Gasteiger partial charge in [0.05, 0.1) is 24.0 Å². The summed E-state index contributed by atoms with van der Waals surface area (Å²) >= 11 is 0. The molecule has 1 aliphatic heterocycles. The van der Waals surface area contributed by atoms with Gasteiger partial charge in [-0.3, -0.25) is 9.59 Å². The fourth-order valence-electron chi connectivity index (χ4n) is 3.56. The molecule has 1 heterocycles. The van der Waals surface area contributed by atoms with Gasteiger partial charge in [-0.1, -0.05) is 0 Å². The smallest absolute Gasteiger partial charge is 0.416 e. The number of anilines is 2. The first-order valence-electron chi connectivity index (χ1n) is 10.3. The first-order chi connectivity index (χ1) is 15.2. The van der Waals surface area contributed by atoms with Crippen molar-refractivity contribution in [3.63, 3.8) is 0 Å². The number of hydrogen-bond acceptors (Lipinski definition) is 5. The molecular formula is C23H25F3N2O4. The van der Waals surface area contributed by atoms with Crippen molar-refractivity contribution in [1.29, 1.82) is 0 Å². The Morgan fingerprint density at radius 3 is 2.38 bits per heavy atom. The number of halogens is 3. The van der Waals surface area contributed by atoms with E-state index in [1.165, 1.54) is 32.2 Å². The average molecular weight is 450 g/mol. The summed E-state index contributed by atoms with van der Waals surface area (Å²) in [6.45, 7) is 2.40. The van der Waals surface area contributed by atoms with Crippen LogP contribution in [0.1, 0.15) is 42.1 Å². The van der Waals surface area contributed by atoms with Crippen molar-refractivity contribution in [1.82, 2.24) is 0 Å². The molecule has 1 saturated heterocycles. The highest BCUT2D eigenvalue weighted by Gasteiger charge is 2.32. The second-order valence-corrected chi connectivity index (χ2v) is 7.54. The molecule has 0 aromatic heterocycles. The molecule has 6 nitrogen and oxygen atoms in total. The Morgan fingerprint density at radius 2 is 1.75 bits per heavy atom. The predicted molar refractivity (Wildman–Crippen MR) is 115 cm³/mol. The maximum absolute atomic E-state index is 13.2. The van der Waals surface area contributed by atoms with Crippen molar-refractivity contribution in [3.05, 3.63) is 47.5 Å². The fraction of sp³-hybridized carbons (Fsp3) is 0.391. The quantitative estimate of drug-likeness (QED) is 0.607. The van der Waals surface area contributed by atoms with E-state index in [1.54, 1.807) is 6.07 Å². The van der Waals surface area contributed by atoms with Crippen LogP contribution in [-0.2, 0) is 11.0 Å². The van der Waals surface area contributed by atoms with E-state index in [4.69, 9.17) is 9.47 Å². The summed E-state index contributed by atoms with van der Waals surface area (Å²) in [5, 5.41) is 2.56. The minimum absolute atomic E-state index is 0.0919. The number of rotatable bonds is 7. The Bertz CT molecular complexity index is 986. The Labute approximate surface area is 184 Å². The van der Waals surface area contributed by atoms with Crippen molar-refractivity contribution in [2.45, 2.75) is 32.4 Å². The topological polar surface area (TPSA) is 67.9 Å². The van der Waals surface area contributed by atoms with E-state index in [1.807, 2.05) is 4.90 Å². The van der Waals surface area contributed by atoms with Gasteiger partial charge in [-0.05, 0) is 62.6 Å². The van der Waals surface area contributed by atoms with E-state index in [9.17, 15) is 22.8 Å². The molecule has 0 radical (unpaired) electrons. The number of methoxy groups -OCH3 is 1. The molecule has 0 unspecified atom stereocenters. The number of ether oxygens (including phenoxy) is 2. The molecule has 0 atom stereocenters. The summed E-state index contributed by atoms with van der Waals surface area (Å²) in [5.41, 5.74) is 0.230. The lowest BCUT2D eigenvalue weighted by Gasteiger charge is -2.31. The molecule has 0 spiro atoms. The minimum atomic E-state index is -4.53. The zero-order chi connectivity index (χ0) is 23.3. The van der Waals surface area contributed by atoms with Gasteiger partial charge in [0.25, 0.3) is 5.91 Å². The molecule has 9 heteroatoms. The van der Waals surface area contributed by atoms with Gasteiger partial charge in [0.1, 0.15) is 0 Å². The number of hydrogen-bond donors (Lipinski definition) is 1. The zero-order valence-corrected chi connectivity index (χ0v) is 17.9. The molecular weight excluding hydrogens is 425 g/mol. The molecule has 32 heavy (non-hydrogen) atoms. The van der Waals surface area contributed by atoms with Crippen LogP contribution in [-0.4, -0.2) is 38.5 Å². The Balaban J connectivity index is 1.76. The maximum atomic E-state index is 13.2. The molecule has 1 fully saturated rings. The van der Waals surface area contributed by atoms with Crippen molar-refractivity contribution in [2.75, 3.05) is 37.0 Å². The van der Waals surface area contributed by atoms with Crippen LogP contribution < -0.4 is 19.7 Å². The zero-order valence-electron chi connectivity index (χ0n) is 17.9. The van der Waals surface area contributed by atoms with Crippen LogP contribution in [0.3, 0.4) is 0 Å². The van der Waals surface area contributed by atoms with Crippen LogP contribution in [0.15, 0.2) is 36.4 Å². The van der Waals surface area contributed by atoms with Crippen LogP contribution in [0.4, 0.5) is 24.5 Å². The summed E-state index contributed by atoms with van der Waals surface area (Å²) in [6.07, 6.45) is -1.58. The molecule has 2 aromatic rings. The highest BCUT2D eigenvalue weighted by atomic mass is 19.4. The van der Waals surface area contributed by atoms with Gasteiger partial charge in [0, 0.05) is 18.7 Å². The Morgan fingerprint density at radius 1 is 1.03 bits per heavy atom. The second kappa shape index (κ2) is 9.93. The highest BCUT2D eigenvalue weighted by molar-refractivity contribution is 5.96. The Kier molecular flexibility index (Phi) is 7.27. The molecule has 3 rings (SSSR count). The molecule has 0 saturated carbocycles. The third kappa shape index (κ3) is 5.72. The van der Waals surface area contributed by atoms with E-state index in [0.717, 1.165) is 31.4 Å². The summed E-state index contributed by atoms with van der Waals surface area (Å²) in [4.78, 5) is 26.0.